The third kappa shape index (κ3) is 3.76. The van der Waals surface area contributed by atoms with Gasteiger partial charge in [-0.2, -0.15) is 4.39 Å². The molecule has 3 rings (SSSR count). The highest BCUT2D eigenvalue weighted by Gasteiger charge is 2.26. The Balaban J connectivity index is 1.65. The molecule has 26 heavy (non-hydrogen) atoms. The molecule has 1 atom stereocenters. The Hall–Kier alpha value is -3.10. The lowest BCUT2D eigenvalue weighted by Gasteiger charge is -2.28. The van der Waals surface area contributed by atoms with Crippen molar-refractivity contribution in [2.24, 2.45) is 0 Å². The van der Waals surface area contributed by atoms with Crippen molar-refractivity contribution in [3.8, 4) is 0 Å². The fraction of sp³-hybridized carbons (Fsp3) is 0.235. The number of fused-ring (bicyclic) bond motifs is 1. The van der Waals surface area contributed by atoms with Gasteiger partial charge in [-0.05, 0) is 25.1 Å². The molecule has 1 aliphatic heterocycles. The van der Waals surface area contributed by atoms with Gasteiger partial charge >= 0.3 is 6.03 Å². The number of rotatable bonds is 4. The van der Waals surface area contributed by atoms with Crippen LogP contribution in [0.1, 0.15) is 24.2 Å². The number of benzene rings is 1. The number of carbonyl (C=O) groups is 2. The molecule has 6 nitrogen and oxygen atoms in total. The van der Waals surface area contributed by atoms with Crippen molar-refractivity contribution in [1.82, 2.24) is 15.2 Å². The standard InChI is InChI=1S/C17H15F3N4O2/c1-9(11-3-2-10(18)6-12(11)19)21-16(25)8-24-7-14-13(23-17(24)26)4-5-15(20)22-14/h2-6,9H,7-8H2,1H3,(H,21,25)(H,23,26)/t9-/m0/s1. The molecule has 1 aliphatic rings. The van der Waals surface area contributed by atoms with E-state index in [1.807, 2.05) is 0 Å². The number of hydrogen-bond donors (Lipinski definition) is 2. The molecule has 3 amide bonds. The van der Waals surface area contributed by atoms with Gasteiger partial charge in [0.25, 0.3) is 0 Å². The average Bonchev–Trinajstić information content (AvgIpc) is 2.55. The maximum atomic E-state index is 13.8. The molecule has 2 aromatic rings. The fourth-order valence-corrected chi connectivity index (χ4v) is 2.67. The number of halogens is 3. The first-order valence-corrected chi connectivity index (χ1v) is 7.79. The minimum Gasteiger partial charge on any atom is -0.348 e. The van der Waals surface area contributed by atoms with Crippen molar-refractivity contribution < 1.29 is 22.8 Å². The molecule has 0 saturated heterocycles. The van der Waals surface area contributed by atoms with Crippen LogP contribution < -0.4 is 10.6 Å². The third-order valence-electron chi connectivity index (χ3n) is 3.95. The van der Waals surface area contributed by atoms with E-state index in [1.54, 1.807) is 0 Å². The van der Waals surface area contributed by atoms with Crippen molar-refractivity contribution >= 4 is 17.6 Å². The molecular weight excluding hydrogens is 349 g/mol. The second-order valence-electron chi connectivity index (χ2n) is 5.87. The van der Waals surface area contributed by atoms with E-state index in [0.29, 0.717) is 11.4 Å². The number of hydrogen-bond acceptors (Lipinski definition) is 3. The van der Waals surface area contributed by atoms with Crippen LogP contribution in [0.5, 0.6) is 0 Å². The van der Waals surface area contributed by atoms with Gasteiger partial charge in [0.1, 0.15) is 18.2 Å². The van der Waals surface area contributed by atoms with Gasteiger partial charge < -0.3 is 15.5 Å². The summed E-state index contributed by atoms with van der Waals surface area (Å²) in [7, 11) is 0. The molecule has 2 heterocycles. The summed E-state index contributed by atoms with van der Waals surface area (Å²) in [6, 6.07) is 4.34. The van der Waals surface area contributed by atoms with Gasteiger partial charge in [-0.1, -0.05) is 6.07 Å². The Morgan fingerprint density at radius 1 is 1.31 bits per heavy atom. The van der Waals surface area contributed by atoms with E-state index in [1.165, 1.54) is 19.1 Å². The summed E-state index contributed by atoms with van der Waals surface area (Å²) in [5, 5.41) is 5.06. The van der Waals surface area contributed by atoms with E-state index in [2.05, 4.69) is 15.6 Å². The Morgan fingerprint density at radius 3 is 2.81 bits per heavy atom. The van der Waals surface area contributed by atoms with Crippen molar-refractivity contribution in [3.63, 3.8) is 0 Å². The number of aromatic nitrogens is 1. The lowest BCUT2D eigenvalue weighted by molar-refractivity contribution is -0.122. The molecule has 0 radical (unpaired) electrons. The Bertz CT molecular complexity index is 875. The Morgan fingerprint density at radius 2 is 2.08 bits per heavy atom. The van der Waals surface area contributed by atoms with Crippen LogP contribution in [0.4, 0.5) is 23.7 Å². The highest BCUT2D eigenvalue weighted by Crippen LogP contribution is 2.22. The van der Waals surface area contributed by atoms with Crippen LogP contribution >= 0.6 is 0 Å². The number of anilines is 1. The van der Waals surface area contributed by atoms with E-state index in [-0.39, 0.29) is 18.7 Å². The number of nitrogens with one attached hydrogen (secondary N) is 2. The van der Waals surface area contributed by atoms with Gasteiger partial charge in [-0.15, -0.1) is 0 Å². The number of pyridine rings is 1. The fourth-order valence-electron chi connectivity index (χ4n) is 2.67. The number of urea groups is 1. The van der Waals surface area contributed by atoms with E-state index in [9.17, 15) is 22.8 Å². The summed E-state index contributed by atoms with van der Waals surface area (Å²) in [6.45, 7) is 1.18. The molecular formula is C17H15F3N4O2. The summed E-state index contributed by atoms with van der Waals surface area (Å²) in [4.78, 5) is 29.1. The predicted molar refractivity (Wildman–Crippen MR) is 86.5 cm³/mol. The lowest BCUT2D eigenvalue weighted by Crippen LogP contribution is -2.45. The first-order chi connectivity index (χ1) is 12.3. The number of amides is 3. The zero-order valence-corrected chi connectivity index (χ0v) is 13.7. The molecule has 1 aromatic heterocycles. The maximum Gasteiger partial charge on any atom is 0.322 e. The Labute approximate surface area is 147 Å². The van der Waals surface area contributed by atoms with E-state index in [0.717, 1.165) is 23.1 Å². The first-order valence-electron chi connectivity index (χ1n) is 7.79. The van der Waals surface area contributed by atoms with Crippen LogP contribution in [-0.4, -0.2) is 28.4 Å². The summed E-state index contributed by atoms with van der Waals surface area (Å²) in [5.41, 5.74) is 0.807. The quantitative estimate of drug-likeness (QED) is 0.820. The topological polar surface area (TPSA) is 74.3 Å². The predicted octanol–water partition coefficient (Wildman–Crippen LogP) is 2.72. The first kappa shape index (κ1) is 17.7. The van der Waals surface area contributed by atoms with Crippen LogP contribution in [0, 0.1) is 17.6 Å². The number of nitrogens with zero attached hydrogens (tertiary/aromatic N) is 2. The molecule has 9 heteroatoms. The second kappa shape index (κ2) is 7.03. The van der Waals surface area contributed by atoms with Crippen LogP contribution in [-0.2, 0) is 11.3 Å². The molecule has 0 fully saturated rings. The van der Waals surface area contributed by atoms with Crippen molar-refractivity contribution in [2.75, 3.05) is 11.9 Å². The zero-order valence-electron chi connectivity index (χ0n) is 13.7. The van der Waals surface area contributed by atoms with Gasteiger partial charge in [0.15, 0.2) is 0 Å². The monoisotopic (exact) mass is 364 g/mol. The summed E-state index contributed by atoms with van der Waals surface area (Å²) in [6.07, 6.45) is 0. The minimum atomic E-state index is -0.776. The molecule has 2 N–H and O–H groups in total. The molecule has 0 saturated carbocycles. The van der Waals surface area contributed by atoms with Crippen LogP contribution in [0.25, 0.3) is 0 Å². The smallest absolute Gasteiger partial charge is 0.322 e. The molecule has 0 bridgehead atoms. The molecule has 0 unspecified atom stereocenters. The van der Waals surface area contributed by atoms with Crippen LogP contribution in [0.15, 0.2) is 30.3 Å². The summed E-state index contributed by atoms with van der Waals surface area (Å²) < 4.78 is 40.0. The summed E-state index contributed by atoms with van der Waals surface area (Å²) >= 11 is 0. The van der Waals surface area contributed by atoms with E-state index < -0.39 is 35.6 Å². The number of carbonyl (C=O) groups excluding carboxylic acids is 2. The average molecular weight is 364 g/mol. The van der Waals surface area contributed by atoms with Gasteiger partial charge in [-0.25, -0.2) is 18.6 Å². The Kier molecular flexibility index (Phi) is 4.79. The van der Waals surface area contributed by atoms with Crippen molar-refractivity contribution in [1.29, 1.82) is 0 Å². The minimum absolute atomic E-state index is 0.0361. The van der Waals surface area contributed by atoms with Crippen LogP contribution in [0.2, 0.25) is 0 Å². The maximum absolute atomic E-state index is 13.8. The third-order valence-corrected chi connectivity index (χ3v) is 3.95. The highest BCUT2D eigenvalue weighted by molar-refractivity contribution is 5.94. The molecule has 0 spiro atoms. The van der Waals surface area contributed by atoms with Gasteiger partial charge in [0.05, 0.1) is 24.0 Å². The highest BCUT2D eigenvalue weighted by atomic mass is 19.1. The van der Waals surface area contributed by atoms with E-state index >= 15 is 0 Å². The largest absolute Gasteiger partial charge is 0.348 e. The molecule has 0 aliphatic carbocycles. The zero-order chi connectivity index (χ0) is 18.8. The summed E-state index contributed by atoms with van der Waals surface area (Å²) in [5.74, 6) is -2.73. The van der Waals surface area contributed by atoms with Gasteiger partial charge in [-0.3, -0.25) is 4.79 Å². The SMILES string of the molecule is C[C@H](NC(=O)CN1Cc2nc(F)ccc2NC1=O)c1ccc(F)cc1F. The van der Waals surface area contributed by atoms with E-state index in [4.69, 9.17) is 0 Å². The molecule has 136 valence electrons. The van der Waals surface area contributed by atoms with Gasteiger partial charge in [0.2, 0.25) is 11.9 Å². The van der Waals surface area contributed by atoms with Crippen LogP contribution in [0.3, 0.4) is 0 Å². The molecule has 1 aromatic carbocycles. The van der Waals surface area contributed by atoms with Gasteiger partial charge in [0, 0.05) is 11.6 Å². The van der Waals surface area contributed by atoms with Crippen molar-refractivity contribution in [3.05, 3.63) is 59.2 Å². The second-order valence-corrected chi connectivity index (χ2v) is 5.87. The lowest BCUT2D eigenvalue weighted by atomic mass is 10.1. The normalized spacial score (nSPS) is 14.5. The van der Waals surface area contributed by atoms with Crippen molar-refractivity contribution in [2.45, 2.75) is 19.5 Å².